The van der Waals surface area contributed by atoms with Gasteiger partial charge in [0.05, 0.1) is 11.3 Å². The molecule has 0 N–H and O–H groups in total. The van der Waals surface area contributed by atoms with Crippen LogP contribution in [0.5, 0.6) is 0 Å². The molecule has 2 rings (SSSR count). The van der Waals surface area contributed by atoms with Crippen molar-refractivity contribution in [3.8, 4) is 11.3 Å². The Morgan fingerprint density at radius 1 is 1.27 bits per heavy atom. The highest BCUT2D eigenvalue weighted by Crippen LogP contribution is 2.09. The summed E-state index contributed by atoms with van der Waals surface area (Å²) in [7, 11) is 0. The third kappa shape index (κ3) is 1.79. The number of aromatic nitrogens is 3. The van der Waals surface area contributed by atoms with Gasteiger partial charge < -0.3 is 0 Å². The van der Waals surface area contributed by atoms with Gasteiger partial charge in [-0.2, -0.15) is 5.10 Å². The molecule has 0 fully saturated rings. The molecule has 15 heavy (non-hydrogen) atoms. The smallest absolute Gasteiger partial charge is 0.267 e. The average molecular weight is 201 g/mol. The van der Waals surface area contributed by atoms with Crippen LogP contribution in [0, 0.1) is 0 Å². The van der Waals surface area contributed by atoms with Crippen molar-refractivity contribution in [3.05, 3.63) is 47.0 Å². The largest absolute Gasteiger partial charge is 0.276 e. The fourth-order valence-corrected chi connectivity index (χ4v) is 1.39. The van der Waals surface area contributed by atoms with Crippen LogP contribution >= 0.6 is 0 Å². The lowest BCUT2D eigenvalue weighted by Gasteiger charge is -2.03. The molecular weight excluding hydrogens is 190 g/mol. The second-order valence-electron chi connectivity index (χ2n) is 3.08. The molecule has 2 aromatic heterocycles. The summed E-state index contributed by atoms with van der Waals surface area (Å²) in [6.07, 6.45) is 3.29. The Kier molecular flexibility index (Phi) is 2.58. The molecule has 4 nitrogen and oxygen atoms in total. The SMILES string of the molecule is CCn1nccc(-c2ccccn2)c1=O. The van der Waals surface area contributed by atoms with Crippen molar-refractivity contribution in [3.63, 3.8) is 0 Å². The number of rotatable bonds is 2. The summed E-state index contributed by atoms with van der Waals surface area (Å²) in [5.41, 5.74) is 1.18. The minimum absolute atomic E-state index is 0.0984. The molecule has 2 aromatic rings. The van der Waals surface area contributed by atoms with Gasteiger partial charge in [-0.1, -0.05) is 6.07 Å². The third-order valence-electron chi connectivity index (χ3n) is 2.15. The summed E-state index contributed by atoms with van der Waals surface area (Å²) in [6, 6.07) is 7.19. The summed E-state index contributed by atoms with van der Waals surface area (Å²) in [5.74, 6) is 0. The van der Waals surface area contributed by atoms with E-state index in [4.69, 9.17) is 0 Å². The first-order chi connectivity index (χ1) is 7.33. The molecule has 0 unspecified atom stereocenters. The standard InChI is InChI=1S/C11H11N3O/c1-2-14-11(15)9(6-8-13-14)10-5-3-4-7-12-10/h3-8H,2H2,1H3. The van der Waals surface area contributed by atoms with Crippen LogP contribution in [0.3, 0.4) is 0 Å². The molecule has 0 saturated heterocycles. The van der Waals surface area contributed by atoms with Crippen LogP contribution in [-0.4, -0.2) is 14.8 Å². The zero-order valence-corrected chi connectivity index (χ0v) is 8.42. The topological polar surface area (TPSA) is 47.8 Å². The Morgan fingerprint density at radius 3 is 2.80 bits per heavy atom. The summed E-state index contributed by atoms with van der Waals surface area (Å²) < 4.78 is 1.42. The number of aryl methyl sites for hydroxylation is 1. The molecule has 0 amide bonds. The van der Waals surface area contributed by atoms with E-state index in [1.54, 1.807) is 18.5 Å². The van der Waals surface area contributed by atoms with Gasteiger partial charge in [-0.05, 0) is 25.1 Å². The van der Waals surface area contributed by atoms with Crippen molar-refractivity contribution in [2.45, 2.75) is 13.5 Å². The van der Waals surface area contributed by atoms with Gasteiger partial charge in [-0.25, -0.2) is 4.68 Å². The highest BCUT2D eigenvalue weighted by Gasteiger charge is 2.05. The van der Waals surface area contributed by atoms with Gasteiger partial charge in [-0.15, -0.1) is 0 Å². The van der Waals surface area contributed by atoms with Crippen LogP contribution in [0.2, 0.25) is 0 Å². The maximum atomic E-state index is 11.9. The van der Waals surface area contributed by atoms with Crippen molar-refractivity contribution in [1.29, 1.82) is 0 Å². The fourth-order valence-electron chi connectivity index (χ4n) is 1.39. The summed E-state index contributed by atoms with van der Waals surface area (Å²) in [5, 5.41) is 3.96. The maximum Gasteiger partial charge on any atom is 0.276 e. The molecule has 0 aliphatic heterocycles. The highest BCUT2D eigenvalue weighted by molar-refractivity contribution is 5.56. The Labute approximate surface area is 87.2 Å². The molecule has 4 heteroatoms. The molecule has 0 radical (unpaired) electrons. The first-order valence-corrected chi connectivity index (χ1v) is 4.80. The second kappa shape index (κ2) is 4.04. The van der Waals surface area contributed by atoms with Crippen LogP contribution in [0.25, 0.3) is 11.3 Å². The first kappa shape index (κ1) is 9.58. The van der Waals surface area contributed by atoms with Gasteiger partial charge in [0.25, 0.3) is 5.56 Å². The zero-order valence-electron chi connectivity index (χ0n) is 8.42. The molecule has 0 spiro atoms. The van der Waals surface area contributed by atoms with Gasteiger partial charge in [0.1, 0.15) is 0 Å². The number of hydrogen-bond donors (Lipinski definition) is 0. The fraction of sp³-hybridized carbons (Fsp3) is 0.182. The average Bonchev–Trinajstić information content (AvgIpc) is 2.30. The third-order valence-corrected chi connectivity index (χ3v) is 2.15. The molecule has 2 heterocycles. The predicted molar refractivity (Wildman–Crippen MR) is 57.4 cm³/mol. The molecule has 0 atom stereocenters. The normalized spacial score (nSPS) is 10.2. The summed E-state index contributed by atoms with van der Waals surface area (Å²) in [4.78, 5) is 16.0. The minimum Gasteiger partial charge on any atom is -0.267 e. The molecule has 0 aliphatic rings. The zero-order chi connectivity index (χ0) is 10.7. The number of pyridine rings is 1. The van der Waals surface area contributed by atoms with E-state index in [-0.39, 0.29) is 5.56 Å². The van der Waals surface area contributed by atoms with Crippen molar-refractivity contribution < 1.29 is 0 Å². The number of hydrogen-bond acceptors (Lipinski definition) is 3. The first-order valence-electron chi connectivity index (χ1n) is 4.80. The van der Waals surface area contributed by atoms with E-state index in [1.165, 1.54) is 4.68 Å². The van der Waals surface area contributed by atoms with Crippen LogP contribution in [-0.2, 0) is 6.54 Å². The van der Waals surface area contributed by atoms with Gasteiger partial charge in [0, 0.05) is 18.9 Å². The monoisotopic (exact) mass is 201 g/mol. The molecule has 0 aliphatic carbocycles. The van der Waals surface area contributed by atoms with Crippen molar-refractivity contribution in [2.75, 3.05) is 0 Å². The van der Waals surface area contributed by atoms with E-state index < -0.39 is 0 Å². The lowest BCUT2D eigenvalue weighted by atomic mass is 10.2. The van der Waals surface area contributed by atoms with E-state index in [0.29, 0.717) is 17.8 Å². The van der Waals surface area contributed by atoms with Gasteiger partial charge in [0.2, 0.25) is 0 Å². The van der Waals surface area contributed by atoms with Crippen LogP contribution in [0.4, 0.5) is 0 Å². The molecule has 76 valence electrons. The van der Waals surface area contributed by atoms with Gasteiger partial charge in [0.15, 0.2) is 0 Å². The Bertz CT molecular complexity index is 505. The molecule has 0 bridgehead atoms. The van der Waals surface area contributed by atoms with Gasteiger partial charge >= 0.3 is 0 Å². The Balaban J connectivity index is 2.60. The predicted octanol–water partition coefficient (Wildman–Crippen LogP) is 1.33. The summed E-state index contributed by atoms with van der Waals surface area (Å²) >= 11 is 0. The van der Waals surface area contributed by atoms with E-state index in [2.05, 4.69) is 10.1 Å². The Morgan fingerprint density at radius 2 is 2.13 bits per heavy atom. The van der Waals surface area contributed by atoms with E-state index in [0.717, 1.165) is 0 Å². The van der Waals surface area contributed by atoms with Crippen LogP contribution in [0.1, 0.15) is 6.92 Å². The second-order valence-corrected chi connectivity index (χ2v) is 3.08. The van der Waals surface area contributed by atoms with E-state index in [1.807, 2.05) is 25.1 Å². The van der Waals surface area contributed by atoms with Crippen molar-refractivity contribution in [2.24, 2.45) is 0 Å². The summed E-state index contributed by atoms with van der Waals surface area (Å²) in [6.45, 7) is 2.45. The quantitative estimate of drug-likeness (QED) is 0.736. The molecule has 0 aromatic carbocycles. The lowest BCUT2D eigenvalue weighted by molar-refractivity contribution is 0.617. The van der Waals surface area contributed by atoms with Crippen LogP contribution in [0.15, 0.2) is 41.5 Å². The van der Waals surface area contributed by atoms with Gasteiger partial charge in [-0.3, -0.25) is 9.78 Å². The lowest BCUT2D eigenvalue weighted by Crippen LogP contribution is -2.23. The van der Waals surface area contributed by atoms with Crippen LogP contribution < -0.4 is 5.56 Å². The minimum atomic E-state index is -0.0984. The maximum absolute atomic E-state index is 11.9. The van der Waals surface area contributed by atoms with Crippen molar-refractivity contribution >= 4 is 0 Å². The highest BCUT2D eigenvalue weighted by atomic mass is 16.1. The van der Waals surface area contributed by atoms with E-state index in [9.17, 15) is 4.79 Å². The molecule has 0 saturated carbocycles. The van der Waals surface area contributed by atoms with E-state index >= 15 is 0 Å². The number of nitrogens with zero attached hydrogens (tertiary/aromatic N) is 3. The van der Waals surface area contributed by atoms with Crippen molar-refractivity contribution in [1.82, 2.24) is 14.8 Å². The Hall–Kier alpha value is -1.97. The molecular formula is C11H11N3O.